The van der Waals surface area contributed by atoms with Crippen molar-refractivity contribution in [2.45, 2.75) is 13.5 Å². The van der Waals surface area contributed by atoms with Gasteiger partial charge in [0.25, 0.3) is 5.91 Å². The zero-order valence-electron chi connectivity index (χ0n) is 13.2. The van der Waals surface area contributed by atoms with E-state index in [1.165, 1.54) is 0 Å². The average molecular weight is 323 g/mol. The number of carbonyl (C=O) groups is 1. The van der Waals surface area contributed by atoms with Crippen molar-refractivity contribution in [3.8, 4) is 11.8 Å². The smallest absolute Gasteiger partial charge is 0.271 e. The van der Waals surface area contributed by atoms with E-state index in [1.807, 2.05) is 43.3 Å². The number of hydrogen-bond donors (Lipinski definition) is 1. The first-order chi connectivity index (χ1) is 11.6. The lowest BCUT2D eigenvalue weighted by Crippen LogP contribution is -2.26. The van der Waals surface area contributed by atoms with Crippen LogP contribution in [0.4, 0.5) is 0 Å². The molecule has 0 spiro atoms. The first kappa shape index (κ1) is 17.0. The largest absolute Gasteiger partial charge is 0.489 e. The van der Waals surface area contributed by atoms with Crippen molar-refractivity contribution in [3.63, 3.8) is 0 Å². The Kier molecular flexibility index (Phi) is 5.92. The van der Waals surface area contributed by atoms with Crippen LogP contribution in [0.2, 0.25) is 0 Å². The summed E-state index contributed by atoms with van der Waals surface area (Å²) in [5.41, 5.74) is 7.59. The van der Waals surface area contributed by atoms with Crippen LogP contribution in [0.5, 0.6) is 5.75 Å². The monoisotopic (exact) mass is 323 g/mol. The number of aryl methyl sites for hydroxylation is 1. The van der Waals surface area contributed by atoms with Crippen molar-refractivity contribution in [2.75, 3.05) is 6.61 Å². The maximum atomic E-state index is 11.7. The predicted octanol–water partition coefficient (Wildman–Crippen LogP) is 2.30. The molecule has 0 bridgehead atoms. The molecule has 6 nitrogen and oxygen atoms in total. The molecule has 2 N–H and O–H groups in total. The molecule has 0 atom stereocenters. The van der Waals surface area contributed by atoms with E-state index in [9.17, 15) is 4.79 Å². The quantitative estimate of drug-likeness (QED) is 0.480. The molecule has 0 fully saturated rings. The van der Waals surface area contributed by atoms with E-state index in [0.29, 0.717) is 5.56 Å². The molecule has 6 heteroatoms. The Labute approximate surface area is 140 Å². The van der Waals surface area contributed by atoms with Crippen molar-refractivity contribution in [2.24, 2.45) is 10.9 Å². The lowest BCUT2D eigenvalue weighted by molar-refractivity contribution is -0.112. The number of para-hydroxylation sites is 1. The predicted molar refractivity (Wildman–Crippen MR) is 89.2 cm³/mol. The van der Waals surface area contributed by atoms with Gasteiger partial charge in [0.05, 0.1) is 0 Å². The van der Waals surface area contributed by atoms with Gasteiger partial charge in [0, 0.05) is 5.56 Å². The maximum absolute atomic E-state index is 11.7. The number of nitrogens with zero attached hydrogens (tertiary/aromatic N) is 2. The molecule has 0 radical (unpaired) electrons. The standard InChI is InChI=1S/C18H17N3O3/c1-13-6-2-5-9-16(13)23-12-14-7-3-4-8-15(14)17(18(20)22)21-24-11-10-19/h2-9H,11-12H2,1H3,(H2,20,22). The summed E-state index contributed by atoms with van der Waals surface area (Å²) < 4.78 is 5.82. The van der Waals surface area contributed by atoms with Crippen LogP contribution in [-0.4, -0.2) is 18.2 Å². The van der Waals surface area contributed by atoms with Gasteiger partial charge in [-0.25, -0.2) is 0 Å². The van der Waals surface area contributed by atoms with Crippen molar-refractivity contribution >= 4 is 11.6 Å². The number of amides is 1. The van der Waals surface area contributed by atoms with Crippen LogP contribution in [0.3, 0.4) is 0 Å². The summed E-state index contributed by atoms with van der Waals surface area (Å²) >= 11 is 0. The number of nitriles is 1. The Balaban J connectivity index is 2.26. The normalized spacial score (nSPS) is 10.8. The van der Waals surface area contributed by atoms with Gasteiger partial charge in [-0.05, 0) is 24.1 Å². The van der Waals surface area contributed by atoms with Crippen LogP contribution in [0.15, 0.2) is 53.7 Å². The molecule has 1 amide bonds. The van der Waals surface area contributed by atoms with E-state index in [1.54, 1.807) is 18.2 Å². The lowest BCUT2D eigenvalue weighted by atomic mass is 10.0. The average Bonchev–Trinajstić information content (AvgIpc) is 2.58. The Hall–Kier alpha value is -3.33. The third-order valence-electron chi connectivity index (χ3n) is 3.27. The molecule has 2 aromatic rings. The van der Waals surface area contributed by atoms with E-state index in [2.05, 4.69) is 5.16 Å². The third-order valence-corrected chi connectivity index (χ3v) is 3.27. The SMILES string of the molecule is Cc1ccccc1OCc1ccccc1C(=NOCC#N)C(N)=O. The van der Waals surface area contributed by atoms with E-state index >= 15 is 0 Å². The Morgan fingerprint density at radius 1 is 1.21 bits per heavy atom. The first-order valence-electron chi connectivity index (χ1n) is 7.27. The molecule has 0 saturated heterocycles. The third kappa shape index (κ3) is 4.34. The molecular weight excluding hydrogens is 306 g/mol. The van der Waals surface area contributed by atoms with Gasteiger partial charge < -0.3 is 15.3 Å². The number of benzene rings is 2. The highest BCUT2D eigenvalue weighted by atomic mass is 16.6. The van der Waals surface area contributed by atoms with Crippen LogP contribution >= 0.6 is 0 Å². The Bertz CT molecular complexity index is 794. The first-order valence-corrected chi connectivity index (χ1v) is 7.27. The highest BCUT2D eigenvalue weighted by Crippen LogP contribution is 2.19. The summed E-state index contributed by atoms with van der Waals surface area (Å²) in [4.78, 5) is 16.4. The minimum absolute atomic E-state index is 0.0470. The number of carbonyl (C=O) groups excluding carboxylic acids is 1. The highest BCUT2D eigenvalue weighted by molar-refractivity contribution is 6.45. The van der Waals surface area contributed by atoms with E-state index in [4.69, 9.17) is 20.6 Å². The van der Waals surface area contributed by atoms with Crippen LogP contribution in [0, 0.1) is 18.3 Å². The van der Waals surface area contributed by atoms with Crippen LogP contribution in [0.1, 0.15) is 16.7 Å². The molecule has 0 aliphatic rings. The number of oxime groups is 1. The number of hydrogen-bond acceptors (Lipinski definition) is 5. The van der Waals surface area contributed by atoms with Gasteiger partial charge in [-0.15, -0.1) is 0 Å². The van der Waals surface area contributed by atoms with Crippen molar-refractivity contribution in [1.82, 2.24) is 0 Å². The van der Waals surface area contributed by atoms with Crippen molar-refractivity contribution < 1.29 is 14.4 Å². The summed E-state index contributed by atoms with van der Waals surface area (Å²) in [6.07, 6.45) is 0. The molecule has 0 aliphatic heterocycles. The molecular formula is C18H17N3O3. The molecule has 122 valence electrons. The molecule has 2 aromatic carbocycles. The number of nitrogens with two attached hydrogens (primary N) is 1. The van der Waals surface area contributed by atoms with Gasteiger partial charge >= 0.3 is 0 Å². The molecule has 0 unspecified atom stereocenters. The van der Waals surface area contributed by atoms with E-state index in [-0.39, 0.29) is 18.9 Å². The topological polar surface area (TPSA) is 97.7 Å². The summed E-state index contributed by atoms with van der Waals surface area (Å²) in [5.74, 6) is 0.0156. The van der Waals surface area contributed by atoms with Gasteiger partial charge in [0.15, 0.2) is 5.71 Å². The maximum Gasteiger partial charge on any atom is 0.271 e. The number of primary amides is 1. The van der Waals surface area contributed by atoms with Crippen LogP contribution in [0.25, 0.3) is 0 Å². The zero-order valence-corrected chi connectivity index (χ0v) is 13.2. The highest BCUT2D eigenvalue weighted by Gasteiger charge is 2.16. The summed E-state index contributed by atoms with van der Waals surface area (Å²) in [5, 5.41) is 12.2. The second-order valence-electron chi connectivity index (χ2n) is 4.95. The number of ether oxygens (including phenoxy) is 1. The summed E-state index contributed by atoms with van der Waals surface area (Å²) in [6.45, 7) is 1.93. The zero-order chi connectivity index (χ0) is 17.4. The van der Waals surface area contributed by atoms with Gasteiger partial charge in [0.1, 0.15) is 18.4 Å². The second-order valence-corrected chi connectivity index (χ2v) is 4.95. The fraction of sp³-hybridized carbons (Fsp3) is 0.167. The summed E-state index contributed by atoms with van der Waals surface area (Å²) in [6, 6.07) is 16.5. The Morgan fingerprint density at radius 2 is 1.92 bits per heavy atom. The Morgan fingerprint density at radius 3 is 2.62 bits per heavy atom. The van der Waals surface area contributed by atoms with Crippen molar-refractivity contribution in [1.29, 1.82) is 5.26 Å². The van der Waals surface area contributed by atoms with E-state index in [0.717, 1.165) is 16.9 Å². The minimum atomic E-state index is -0.740. The fourth-order valence-electron chi connectivity index (χ4n) is 2.10. The number of rotatable bonds is 7. The molecule has 0 saturated carbocycles. The van der Waals surface area contributed by atoms with Gasteiger partial charge in [-0.3, -0.25) is 4.79 Å². The van der Waals surface area contributed by atoms with Crippen molar-refractivity contribution in [3.05, 3.63) is 65.2 Å². The summed E-state index contributed by atoms with van der Waals surface area (Å²) in [7, 11) is 0. The molecule has 2 rings (SSSR count). The minimum Gasteiger partial charge on any atom is -0.489 e. The fourth-order valence-corrected chi connectivity index (χ4v) is 2.10. The lowest BCUT2D eigenvalue weighted by Gasteiger charge is -2.12. The van der Waals surface area contributed by atoms with Crippen LogP contribution in [-0.2, 0) is 16.2 Å². The van der Waals surface area contributed by atoms with Crippen LogP contribution < -0.4 is 10.5 Å². The molecule has 0 aliphatic carbocycles. The molecule has 0 heterocycles. The van der Waals surface area contributed by atoms with Gasteiger partial charge in [-0.1, -0.05) is 47.6 Å². The van der Waals surface area contributed by atoms with Gasteiger partial charge in [0.2, 0.25) is 6.61 Å². The van der Waals surface area contributed by atoms with E-state index < -0.39 is 5.91 Å². The van der Waals surface area contributed by atoms with Gasteiger partial charge in [-0.2, -0.15) is 5.26 Å². The molecule has 0 aromatic heterocycles. The second kappa shape index (κ2) is 8.34. The molecule has 24 heavy (non-hydrogen) atoms.